The zero-order valence-corrected chi connectivity index (χ0v) is 14.4. The summed E-state index contributed by atoms with van der Waals surface area (Å²) in [5, 5.41) is 2.97. The van der Waals surface area contributed by atoms with Crippen LogP contribution >= 0.6 is 11.8 Å². The van der Waals surface area contributed by atoms with Gasteiger partial charge < -0.3 is 15.0 Å². The third-order valence-corrected chi connectivity index (χ3v) is 4.64. The molecule has 0 fully saturated rings. The number of hydrogen-bond acceptors (Lipinski definition) is 4. The third kappa shape index (κ3) is 3.89. The van der Waals surface area contributed by atoms with Gasteiger partial charge in [0.1, 0.15) is 11.6 Å². The molecule has 2 aromatic carbocycles. The van der Waals surface area contributed by atoms with Crippen molar-refractivity contribution in [3.8, 4) is 5.75 Å². The number of carbonyl (C=O) groups excluding carboxylic acids is 1. The van der Waals surface area contributed by atoms with Crippen LogP contribution in [0.4, 0.5) is 0 Å². The van der Waals surface area contributed by atoms with Crippen LogP contribution in [-0.2, 0) is 4.79 Å². The summed E-state index contributed by atoms with van der Waals surface area (Å²) in [5.41, 5.74) is 1.88. The lowest BCUT2D eigenvalue weighted by Crippen LogP contribution is -2.28. The van der Waals surface area contributed by atoms with Crippen molar-refractivity contribution in [2.45, 2.75) is 17.9 Å². The minimum absolute atomic E-state index is 0.0243. The van der Waals surface area contributed by atoms with Crippen LogP contribution in [0.2, 0.25) is 0 Å². The largest absolute Gasteiger partial charge is 0.497 e. The van der Waals surface area contributed by atoms with Gasteiger partial charge in [-0.25, -0.2) is 4.98 Å². The summed E-state index contributed by atoms with van der Waals surface area (Å²) in [6.45, 7) is 1.92. The number of rotatable bonds is 6. The average Bonchev–Trinajstić information content (AvgIpc) is 3.05. The van der Waals surface area contributed by atoms with Crippen molar-refractivity contribution in [2.24, 2.45) is 0 Å². The molecule has 0 bridgehead atoms. The second-order valence-corrected chi connectivity index (χ2v) is 6.44. The van der Waals surface area contributed by atoms with Crippen LogP contribution in [0.5, 0.6) is 5.75 Å². The molecule has 3 aromatic rings. The van der Waals surface area contributed by atoms with Gasteiger partial charge in [-0.2, -0.15) is 0 Å². The molecule has 6 heteroatoms. The fraction of sp³-hybridized carbons (Fsp3) is 0.222. The number of aromatic amines is 1. The first-order valence-corrected chi connectivity index (χ1v) is 8.65. The van der Waals surface area contributed by atoms with Crippen LogP contribution in [-0.4, -0.2) is 28.7 Å². The molecule has 5 nitrogen and oxygen atoms in total. The van der Waals surface area contributed by atoms with E-state index in [9.17, 15) is 4.79 Å². The number of carbonyl (C=O) groups is 1. The Hall–Kier alpha value is -2.47. The predicted molar refractivity (Wildman–Crippen MR) is 96.4 cm³/mol. The molecule has 0 radical (unpaired) electrons. The normalized spacial score (nSPS) is 12.1. The van der Waals surface area contributed by atoms with E-state index in [1.165, 1.54) is 11.8 Å². The number of ether oxygens (including phenoxy) is 1. The Morgan fingerprint density at radius 3 is 2.71 bits per heavy atom. The van der Waals surface area contributed by atoms with Gasteiger partial charge in [0.15, 0.2) is 0 Å². The van der Waals surface area contributed by atoms with E-state index in [0.29, 0.717) is 5.75 Å². The number of imidazole rings is 1. The minimum Gasteiger partial charge on any atom is -0.497 e. The lowest BCUT2D eigenvalue weighted by atomic mass is 10.3. The Morgan fingerprint density at radius 1 is 1.25 bits per heavy atom. The van der Waals surface area contributed by atoms with Crippen LogP contribution in [0.15, 0.2) is 53.4 Å². The van der Waals surface area contributed by atoms with Crippen LogP contribution in [0.3, 0.4) is 0 Å². The molecule has 0 saturated heterocycles. The van der Waals surface area contributed by atoms with E-state index in [0.717, 1.165) is 27.5 Å². The summed E-state index contributed by atoms with van der Waals surface area (Å²) < 4.78 is 5.12. The Morgan fingerprint density at radius 2 is 2.00 bits per heavy atom. The summed E-state index contributed by atoms with van der Waals surface area (Å²) in [7, 11) is 1.63. The van der Waals surface area contributed by atoms with Gasteiger partial charge in [-0.15, -0.1) is 11.8 Å². The lowest BCUT2D eigenvalue weighted by molar-refractivity contribution is -0.119. The molecule has 0 spiro atoms. The topological polar surface area (TPSA) is 67.0 Å². The van der Waals surface area contributed by atoms with E-state index >= 15 is 0 Å². The number of aromatic nitrogens is 2. The Balaban J connectivity index is 1.55. The fourth-order valence-electron chi connectivity index (χ4n) is 2.35. The number of benzene rings is 2. The maximum absolute atomic E-state index is 12.1. The highest BCUT2D eigenvalue weighted by Gasteiger charge is 2.13. The van der Waals surface area contributed by atoms with Gasteiger partial charge in [-0.1, -0.05) is 12.1 Å². The van der Waals surface area contributed by atoms with Gasteiger partial charge >= 0.3 is 0 Å². The maximum Gasteiger partial charge on any atom is 0.230 e. The molecule has 24 heavy (non-hydrogen) atoms. The number of hydrogen-bond donors (Lipinski definition) is 2. The first kappa shape index (κ1) is 16.4. The predicted octanol–water partition coefficient (Wildman–Crippen LogP) is 3.54. The van der Waals surface area contributed by atoms with Crippen LogP contribution in [0.1, 0.15) is 18.8 Å². The number of nitrogens with one attached hydrogen (secondary N) is 2. The summed E-state index contributed by atoms with van der Waals surface area (Å²) in [6.07, 6.45) is 0. The highest BCUT2D eigenvalue weighted by Crippen LogP contribution is 2.21. The number of nitrogens with zero attached hydrogens (tertiary/aromatic N) is 1. The van der Waals surface area contributed by atoms with Crippen molar-refractivity contribution in [3.63, 3.8) is 0 Å². The van der Waals surface area contributed by atoms with Crippen molar-refractivity contribution in [2.75, 3.05) is 12.9 Å². The molecule has 3 rings (SSSR count). The van der Waals surface area contributed by atoms with Crippen molar-refractivity contribution in [1.82, 2.24) is 15.3 Å². The van der Waals surface area contributed by atoms with Gasteiger partial charge in [-0.3, -0.25) is 4.79 Å². The van der Waals surface area contributed by atoms with Crippen molar-refractivity contribution in [1.29, 1.82) is 0 Å². The van der Waals surface area contributed by atoms with Gasteiger partial charge in [-0.05, 0) is 43.3 Å². The van der Waals surface area contributed by atoms with E-state index in [1.807, 2.05) is 55.5 Å². The molecule has 124 valence electrons. The number of para-hydroxylation sites is 2. The maximum atomic E-state index is 12.1. The molecule has 0 unspecified atom stereocenters. The second kappa shape index (κ2) is 7.40. The van der Waals surface area contributed by atoms with E-state index in [-0.39, 0.29) is 11.9 Å². The average molecular weight is 341 g/mol. The van der Waals surface area contributed by atoms with Gasteiger partial charge in [0.05, 0.1) is 29.9 Å². The number of fused-ring (bicyclic) bond motifs is 1. The Bertz CT molecular complexity index is 797. The van der Waals surface area contributed by atoms with Gasteiger partial charge in [0, 0.05) is 4.90 Å². The molecule has 0 saturated carbocycles. The van der Waals surface area contributed by atoms with Crippen molar-refractivity contribution < 1.29 is 9.53 Å². The molecule has 2 N–H and O–H groups in total. The summed E-state index contributed by atoms with van der Waals surface area (Å²) in [6, 6.07) is 15.3. The minimum atomic E-state index is -0.165. The highest BCUT2D eigenvalue weighted by molar-refractivity contribution is 8.00. The standard InChI is InChI=1S/C18H19N3O2S/c1-12(18-20-15-5-3-4-6-16(15)21-18)19-17(22)11-24-14-9-7-13(23-2)8-10-14/h3-10,12H,11H2,1-2H3,(H,19,22)(H,20,21)/t12-/m0/s1. The zero-order chi connectivity index (χ0) is 16.9. The SMILES string of the molecule is COc1ccc(SCC(=O)N[C@@H](C)c2nc3ccccc3[nH]2)cc1. The van der Waals surface area contributed by atoms with E-state index in [1.54, 1.807) is 7.11 Å². The number of H-pyrrole nitrogens is 1. The molecule has 1 heterocycles. The zero-order valence-electron chi connectivity index (χ0n) is 13.6. The Kier molecular flexibility index (Phi) is 5.05. The smallest absolute Gasteiger partial charge is 0.230 e. The van der Waals surface area contributed by atoms with Crippen LogP contribution in [0, 0.1) is 0 Å². The van der Waals surface area contributed by atoms with E-state index in [4.69, 9.17) is 4.74 Å². The monoisotopic (exact) mass is 341 g/mol. The molecule has 1 atom stereocenters. The first-order valence-electron chi connectivity index (χ1n) is 7.66. The second-order valence-electron chi connectivity index (χ2n) is 5.39. The molecule has 0 aliphatic carbocycles. The van der Waals surface area contributed by atoms with Crippen LogP contribution in [0.25, 0.3) is 11.0 Å². The summed E-state index contributed by atoms with van der Waals surface area (Å²) >= 11 is 1.49. The van der Waals surface area contributed by atoms with Gasteiger partial charge in [0.25, 0.3) is 0 Å². The molecular weight excluding hydrogens is 322 g/mol. The summed E-state index contributed by atoms with van der Waals surface area (Å²) in [4.78, 5) is 20.9. The molecule has 1 amide bonds. The van der Waals surface area contributed by atoms with Gasteiger partial charge in [0.2, 0.25) is 5.91 Å². The first-order chi connectivity index (χ1) is 11.7. The quantitative estimate of drug-likeness (QED) is 0.673. The van der Waals surface area contributed by atoms with Crippen molar-refractivity contribution >= 4 is 28.7 Å². The number of thioether (sulfide) groups is 1. The summed E-state index contributed by atoms with van der Waals surface area (Å²) in [5.74, 6) is 1.90. The number of amides is 1. The third-order valence-electron chi connectivity index (χ3n) is 3.62. The Labute approximate surface area is 144 Å². The number of methoxy groups -OCH3 is 1. The molecule has 0 aliphatic heterocycles. The lowest BCUT2D eigenvalue weighted by Gasteiger charge is -2.11. The van der Waals surface area contributed by atoms with E-state index in [2.05, 4.69) is 15.3 Å². The van der Waals surface area contributed by atoms with E-state index < -0.39 is 0 Å². The highest BCUT2D eigenvalue weighted by atomic mass is 32.2. The molecular formula is C18H19N3O2S. The van der Waals surface area contributed by atoms with Crippen LogP contribution < -0.4 is 10.1 Å². The fourth-order valence-corrected chi connectivity index (χ4v) is 3.06. The molecule has 0 aliphatic rings. The molecule has 1 aromatic heterocycles. The van der Waals surface area contributed by atoms with Crippen molar-refractivity contribution in [3.05, 3.63) is 54.4 Å².